The number of nitrogens with zero attached hydrogens (tertiary/aromatic N) is 3. The van der Waals surface area contributed by atoms with Crippen molar-refractivity contribution in [3.63, 3.8) is 0 Å². The molecule has 2 N–H and O–H groups in total. The van der Waals surface area contributed by atoms with Crippen LogP contribution in [0.25, 0.3) is 0 Å². The number of carbonyl (C=O) groups is 1. The monoisotopic (exact) mass is 360 g/mol. The number of nitrogen functional groups attached to an aromatic ring is 1. The van der Waals surface area contributed by atoms with E-state index < -0.39 is 17.0 Å². The first-order chi connectivity index (χ1) is 12.2. The average molecular weight is 360 g/mol. The van der Waals surface area contributed by atoms with Gasteiger partial charge in [0.1, 0.15) is 17.2 Å². The predicted octanol–water partition coefficient (Wildman–Crippen LogP) is 0.749. The molecular formula is C18H21FN4O3. The molecule has 0 amide bonds. The van der Waals surface area contributed by atoms with Gasteiger partial charge in [0.05, 0.1) is 12.2 Å². The van der Waals surface area contributed by atoms with Crippen LogP contribution in [0.1, 0.15) is 27.9 Å². The number of Topliss-reactive ketones (excluding diaryl/α,β-unsaturated/α-hetero) is 1. The Morgan fingerprint density at radius 2 is 1.92 bits per heavy atom. The second kappa shape index (κ2) is 6.44. The number of hydrogen-bond acceptors (Lipinski definition) is 5. The Morgan fingerprint density at radius 1 is 1.23 bits per heavy atom. The molecule has 3 rings (SSSR count). The topological polar surface area (TPSA) is 90.3 Å². The van der Waals surface area contributed by atoms with Gasteiger partial charge in [-0.15, -0.1) is 0 Å². The molecule has 1 aliphatic rings. The summed E-state index contributed by atoms with van der Waals surface area (Å²) in [5, 5.41) is 0. The third-order valence-corrected chi connectivity index (χ3v) is 4.80. The van der Waals surface area contributed by atoms with E-state index in [9.17, 15) is 18.8 Å². The fourth-order valence-electron chi connectivity index (χ4n) is 3.46. The van der Waals surface area contributed by atoms with Gasteiger partial charge in [-0.05, 0) is 37.0 Å². The van der Waals surface area contributed by atoms with Crippen molar-refractivity contribution < 1.29 is 9.18 Å². The van der Waals surface area contributed by atoms with E-state index in [-0.39, 0.29) is 23.7 Å². The number of anilines is 2. The zero-order valence-corrected chi connectivity index (χ0v) is 15.0. The third-order valence-electron chi connectivity index (χ3n) is 4.80. The van der Waals surface area contributed by atoms with Crippen molar-refractivity contribution in [3.05, 3.63) is 55.5 Å². The first kappa shape index (κ1) is 17.9. The maximum absolute atomic E-state index is 14.5. The molecule has 2 aromatic rings. The smallest absolute Gasteiger partial charge is 0.332 e. The van der Waals surface area contributed by atoms with Crippen LogP contribution in [0.5, 0.6) is 0 Å². The number of carbonyl (C=O) groups excluding carboxylic acids is 1. The minimum atomic E-state index is -0.739. The van der Waals surface area contributed by atoms with Gasteiger partial charge in [-0.1, -0.05) is 6.07 Å². The summed E-state index contributed by atoms with van der Waals surface area (Å²) in [5.74, 6) is -1.09. The molecule has 0 aliphatic carbocycles. The summed E-state index contributed by atoms with van der Waals surface area (Å²) in [6.07, 6.45) is 1.52. The van der Waals surface area contributed by atoms with Crippen molar-refractivity contribution in [2.45, 2.75) is 19.8 Å². The fraction of sp³-hybridized carbons (Fsp3) is 0.389. The number of hydrogen-bond donors (Lipinski definition) is 1. The number of nitrogens with two attached hydrogens (primary N) is 1. The highest BCUT2D eigenvalue weighted by molar-refractivity contribution is 6.02. The van der Waals surface area contributed by atoms with Gasteiger partial charge in [-0.3, -0.25) is 18.7 Å². The van der Waals surface area contributed by atoms with E-state index in [2.05, 4.69) is 0 Å². The van der Waals surface area contributed by atoms with Gasteiger partial charge in [-0.2, -0.15) is 0 Å². The molecule has 7 nitrogen and oxygen atoms in total. The molecule has 1 aliphatic heterocycles. The molecule has 0 radical (unpaired) electrons. The molecule has 0 unspecified atom stereocenters. The number of aromatic nitrogens is 2. The summed E-state index contributed by atoms with van der Waals surface area (Å²) in [6, 6.07) is 3.34. The molecular weight excluding hydrogens is 339 g/mol. The van der Waals surface area contributed by atoms with Crippen molar-refractivity contribution >= 4 is 17.3 Å². The van der Waals surface area contributed by atoms with Gasteiger partial charge in [0, 0.05) is 20.6 Å². The molecule has 26 heavy (non-hydrogen) atoms. The van der Waals surface area contributed by atoms with Crippen LogP contribution >= 0.6 is 0 Å². The Morgan fingerprint density at radius 3 is 2.62 bits per heavy atom. The maximum atomic E-state index is 14.5. The van der Waals surface area contributed by atoms with Crippen molar-refractivity contribution in [1.29, 1.82) is 0 Å². The third kappa shape index (κ3) is 2.81. The van der Waals surface area contributed by atoms with Crippen LogP contribution in [0.3, 0.4) is 0 Å². The lowest BCUT2D eigenvalue weighted by molar-refractivity contribution is 0.0996. The van der Waals surface area contributed by atoms with Gasteiger partial charge >= 0.3 is 5.69 Å². The Balaban J connectivity index is 2.02. The van der Waals surface area contributed by atoms with Crippen LogP contribution in [0.4, 0.5) is 15.9 Å². The van der Waals surface area contributed by atoms with Gasteiger partial charge in [0.15, 0.2) is 5.78 Å². The molecule has 2 heterocycles. The van der Waals surface area contributed by atoms with Crippen LogP contribution in [0.2, 0.25) is 0 Å². The number of benzene rings is 1. The van der Waals surface area contributed by atoms with E-state index in [1.54, 1.807) is 4.90 Å². The minimum absolute atomic E-state index is 0.176. The Labute approximate surface area is 149 Å². The highest BCUT2D eigenvalue weighted by atomic mass is 19.1. The largest absolute Gasteiger partial charge is 0.384 e. The number of rotatable bonds is 3. The lowest BCUT2D eigenvalue weighted by atomic mass is 9.98. The van der Waals surface area contributed by atoms with E-state index in [0.29, 0.717) is 12.2 Å². The lowest BCUT2D eigenvalue weighted by Gasteiger charge is -2.31. The van der Waals surface area contributed by atoms with E-state index >= 15 is 0 Å². The van der Waals surface area contributed by atoms with E-state index in [1.807, 2.05) is 13.0 Å². The molecule has 0 bridgehead atoms. The maximum Gasteiger partial charge on any atom is 0.332 e. The summed E-state index contributed by atoms with van der Waals surface area (Å²) < 4.78 is 16.4. The zero-order valence-electron chi connectivity index (χ0n) is 15.0. The summed E-state index contributed by atoms with van der Waals surface area (Å²) in [5.41, 5.74) is 6.33. The SMILES string of the molecule is Cc1cc(F)c2c(c1)CCCN2CC(=O)c1c(N)n(C)c(=O)n(C)c1=O. The molecule has 1 aromatic carbocycles. The highest BCUT2D eigenvalue weighted by Crippen LogP contribution is 2.31. The van der Waals surface area contributed by atoms with Crippen LogP contribution < -0.4 is 21.9 Å². The summed E-state index contributed by atoms with van der Waals surface area (Å²) in [7, 11) is 2.69. The second-order valence-corrected chi connectivity index (χ2v) is 6.67. The highest BCUT2D eigenvalue weighted by Gasteiger charge is 2.26. The molecule has 138 valence electrons. The fourth-order valence-corrected chi connectivity index (χ4v) is 3.46. The molecule has 0 spiro atoms. The normalized spacial score (nSPS) is 13.6. The molecule has 0 atom stereocenters. The predicted molar refractivity (Wildman–Crippen MR) is 97.3 cm³/mol. The van der Waals surface area contributed by atoms with Gasteiger partial charge in [0.2, 0.25) is 0 Å². The Bertz CT molecular complexity index is 1020. The lowest BCUT2D eigenvalue weighted by Crippen LogP contribution is -2.44. The number of ketones is 1. The van der Waals surface area contributed by atoms with Crippen LogP contribution in [0, 0.1) is 12.7 Å². The Kier molecular flexibility index (Phi) is 4.43. The van der Waals surface area contributed by atoms with Gasteiger partial charge < -0.3 is 10.6 Å². The number of halogens is 1. The first-order valence-corrected chi connectivity index (χ1v) is 8.35. The average Bonchev–Trinajstić information content (AvgIpc) is 2.58. The second-order valence-electron chi connectivity index (χ2n) is 6.67. The van der Waals surface area contributed by atoms with Gasteiger partial charge in [-0.25, -0.2) is 9.18 Å². The molecule has 0 fully saturated rings. The summed E-state index contributed by atoms with van der Waals surface area (Å²) >= 11 is 0. The molecule has 8 heteroatoms. The quantitative estimate of drug-likeness (QED) is 0.816. The van der Waals surface area contributed by atoms with E-state index in [4.69, 9.17) is 5.73 Å². The van der Waals surface area contributed by atoms with Crippen molar-refractivity contribution in [1.82, 2.24) is 9.13 Å². The number of fused-ring (bicyclic) bond motifs is 1. The van der Waals surface area contributed by atoms with Gasteiger partial charge in [0.25, 0.3) is 5.56 Å². The standard InChI is InChI=1S/C18H21FN4O3/c1-10-7-11-5-4-6-23(15(11)12(19)8-10)9-13(24)14-16(20)21(2)18(26)22(3)17(14)25/h7-8H,4-6,9,20H2,1-3H3. The molecule has 0 saturated heterocycles. The minimum Gasteiger partial charge on any atom is -0.384 e. The molecule has 0 saturated carbocycles. The van der Waals surface area contributed by atoms with Crippen molar-refractivity contribution in [3.8, 4) is 0 Å². The van der Waals surface area contributed by atoms with E-state index in [1.165, 1.54) is 20.2 Å². The van der Waals surface area contributed by atoms with Crippen molar-refractivity contribution in [2.24, 2.45) is 14.1 Å². The summed E-state index contributed by atoms with van der Waals surface area (Å²) in [4.78, 5) is 38.7. The first-order valence-electron chi connectivity index (χ1n) is 8.35. The Hall–Kier alpha value is -2.90. The molecule has 1 aromatic heterocycles. The van der Waals surface area contributed by atoms with Crippen molar-refractivity contribution in [2.75, 3.05) is 23.7 Å². The van der Waals surface area contributed by atoms with E-state index in [0.717, 1.165) is 33.1 Å². The zero-order chi connectivity index (χ0) is 19.2. The van der Waals surface area contributed by atoms with Crippen LogP contribution in [-0.2, 0) is 20.5 Å². The number of aryl methyl sites for hydroxylation is 2. The summed E-state index contributed by atoms with van der Waals surface area (Å²) in [6.45, 7) is 2.15. The van der Waals surface area contributed by atoms with Crippen LogP contribution in [-0.4, -0.2) is 28.0 Å². The van der Waals surface area contributed by atoms with Crippen LogP contribution in [0.15, 0.2) is 21.7 Å².